The summed E-state index contributed by atoms with van der Waals surface area (Å²) < 4.78 is 6.06. The van der Waals surface area contributed by atoms with Gasteiger partial charge in [-0.2, -0.15) is 11.3 Å². The van der Waals surface area contributed by atoms with Crippen molar-refractivity contribution in [2.75, 3.05) is 31.1 Å². The van der Waals surface area contributed by atoms with Crippen LogP contribution in [0.5, 0.6) is 0 Å². The van der Waals surface area contributed by atoms with Gasteiger partial charge in [-0.1, -0.05) is 18.2 Å². The zero-order valence-corrected chi connectivity index (χ0v) is 16.1. The number of thiophene rings is 1. The molecule has 2 aliphatic rings. The number of anilines is 1. The van der Waals surface area contributed by atoms with Crippen LogP contribution in [0.2, 0.25) is 0 Å². The molecule has 1 atom stereocenters. The number of hydrogen-bond donors (Lipinski definition) is 0. The molecule has 1 aromatic heterocycles. The van der Waals surface area contributed by atoms with Crippen molar-refractivity contribution < 1.29 is 14.3 Å². The lowest BCUT2D eigenvalue weighted by atomic mass is 9.92. The van der Waals surface area contributed by atoms with E-state index in [4.69, 9.17) is 4.74 Å². The lowest BCUT2D eigenvalue weighted by molar-refractivity contribution is -0.141. The fraction of sp³-hybridized carbons (Fsp3) is 0.429. The molecule has 0 radical (unpaired) electrons. The largest absolute Gasteiger partial charge is 0.363 e. The molecule has 2 aromatic rings. The summed E-state index contributed by atoms with van der Waals surface area (Å²) in [6.45, 7) is 2.10. The predicted molar refractivity (Wildman–Crippen MR) is 106 cm³/mol. The maximum atomic E-state index is 12.7. The van der Waals surface area contributed by atoms with Crippen molar-refractivity contribution in [2.24, 2.45) is 0 Å². The van der Waals surface area contributed by atoms with Crippen molar-refractivity contribution in [3.05, 3.63) is 52.7 Å². The highest BCUT2D eigenvalue weighted by molar-refractivity contribution is 7.08. The first-order chi connectivity index (χ1) is 13.2. The standard InChI is InChI=1S/C21H24N2O3S/c24-19(13-17-7-12-27-15-17)22-10-4-8-21(9-11-22)16-23(20(25)14-26-21)18-5-2-1-3-6-18/h1-3,5-7,12,15H,4,8-11,13-14,16H2. The number of morpholine rings is 1. The third-order valence-electron chi connectivity index (χ3n) is 5.50. The van der Waals surface area contributed by atoms with E-state index in [1.807, 2.05) is 57.0 Å². The fourth-order valence-electron chi connectivity index (χ4n) is 3.96. The number of hydrogen-bond acceptors (Lipinski definition) is 4. The van der Waals surface area contributed by atoms with Crippen LogP contribution in [0, 0.1) is 0 Å². The quantitative estimate of drug-likeness (QED) is 0.817. The molecular formula is C21H24N2O3S. The van der Waals surface area contributed by atoms with Gasteiger partial charge in [0.1, 0.15) is 6.61 Å². The third kappa shape index (κ3) is 4.06. The maximum absolute atomic E-state index is 12.7. The average Bonchev–Trinajstić information content (AvgIpc) is 3.11. The van der Waals surface area contributed by atoms with Gasteiger partial charge in [0, 0.05) is 18.8 Å². The normalized spacial score (nSPS) is 23.5. The Balaban J connectivity index is 1.43. The second-order valence-corrected chi connectivity index (χ2v) is 8.11. The van der Waals surface area contributed by atoms with Crippen molar-refractivity contribution in [1.29, 1.82) is 0 Å². The van der Waals surface area contributed by atoms with Crippen LogP contribution in [0.25, 0.3) is 0 Å². The molecule has 1 aromatic carbocycles. The minimum absolute atomic E-state index is 0.00135. The number of amides is 2. The smallest absolute Gasteiger partial charge is 0.253 e. The number of rotatable bonds is 3. The molecule has 0 aliphatic carbocycles. The maximum Gasteiger partial charge on any atom is 0.253 e. The molecule has 3 heterocycles. The highest BCUT2D eigenvalue weighted by atomic mass is 32.1. The molecular weight excluding hydrogens is 360 g/mol. The van der Waals surface area contributed by atoms with Crippen LogP contribution in [-0.2, 0) is 20.7 Å². The number of benzene rings is 1. The Kier molecular flexibility index (Phi) is 5.27. The number of carbonyl (C=O) groups excluding carboxylic acids is 2. The summed E-state index contributed by atoms with van der Waals surface area (Å²) in [5.41, 5.74) is 1.64. The molecule has 0 N–H and O–H groups in total. The highest BCUT2D eigenvalue weighted by Gasteiger charge is 2.41. The second kappa shape index (κ2) is 7.82. The van der Waals surface area contributed by atoms with E-state index >= 15 is 0 Å². The van der Waals surface area contributed by atoms with Gasteiger partial charge in [-0.05, 0) is 53.8 Å². The van der Waals surface area contributed by atoms with Crippen LogP contribution in [0.15, 0.2) is 47.2 Å². The summed E-state index contributed by atoms with van der Waals surface area (Å²) in [7, 11) is 0. The van der Waals surface area contributed by atoms with Crippen LogP contribution >= 0.6 is 11.3 Å². The molecule has 5 nitrogen and oxygen atoms in total. The van der Waals surface area contributed by atoms with Crippen molar-refractivity contribution >= 4 is 28.8 Å². The predicted octanol–water partition coefficient (Wildman–Crippen LogP) is 3.11. The Hall–Kier alpha value is -2.18. The molecule has 2 saturated heterocycles. The van der Waals surface area contributed by atoms with Gasteiger partial charge < -0.3 is 14.5 Å². The zero-order valence-electron chi connectivity index (χ0n) is 15.3. The number of ether oxygens (including phenoxy) is 1. The first kappa shape index (κ1) is 18.2. The van der Waals surface area contributed by atoms with E-state index in [-0.39, 0.29) is 24.0 Å². The van der Waals surface area contributed by atoms with E-state index in [1.165, 1.54) is 0 Å². The van der Waals surface area contributed by atoms with Crippen LogP contribution < -0.4 is 4.90 Å². The minimum Gasteiger partial charge on any atom is -0.363 e. The van der Waals surface area contributed by atoms with Crippen molar-refractivity contribution in [3.8, 4) is 0 Å². The molecule has 1 spiro atoms. The van der Waals surface area contributed by atoms with Gasteiger partial charge in [0.2, 0.25) is 5.91 Å². The Bertz CT molecular complexity index is 793. The summed E-state index contributed by atoms with van der Waals surface area (Å²) in [5, 5.41) is 4.04. The fourth-order valence-corrected chi connectivity index (χ4v) is 4.63. The first-order valence-corrected chi connectivity index (χ1v) is 10.4. The number of carbonyl (C=O) groups is 2. The molecule has 0 saturated carbocycles. The van der Waals surface area contributed by atoms with Crippen LogP contribution in [0.1, 0.15) is 24.8 Å². The highest BCUT2D eigenvalue weighted by Crippen LogP contribution is 2.33. The van der Waals surface area contributed by atoms with Gasteiger partial charge in [0.25, 0.3) is 5.91 Å². The van der Waals surface area contributed by atoms with Gasteiger partial charge in [-0.15, -0.1) is 0 Å². The summed E-state index contributed by atoms with van der Waals surface area (Å²) >= 11 is 1.62. The van der Waals surface area contributed by atoms with Crippen LogP contribution in [0.3, 0.4) is 0 Å². The van der Waals surface area contributed by atoms with E-state index < -0.39 is 0 Å². The van der Waals surface area contributed by atoms with Gasteiger partial charge in [-0.3, -0.25) is 9.59 Å². The average molecular weight is 385 g/mol. The molecule has 142 valence electrons. The molecule has 4 rings (SSSR count). The van der Waals surface area contributed by atoms with Gasteiger partial charge in [0.15, 0.2) is 0 Å². The Morgan fingerprint density at radius 1 is 1.15 bits per heavy atom. The van der Waals surface area contributed by atoms with E-state index in [9.17, 15) is 9.59 Å². The summed E-state index contributed by atoms with van der Waals surface area (Å²) in [5.74, 6) is 0.179. The summed E-state index contributed by atoms with van der Waals surface area (Å²) in [6.07, 6.45) is 2.99. The van der Waals surface area contributed by atoms with Crippen molar-refractivity contribution in [1.82, 2.24) is 4.90 Å². The lowest BCUT2D eigenvalue weighted by Crippen LogP contribution is -2.55. The lowest BCUT2D eigenvalue weighted by Gasteiger charge is -2.42. The second-order valence-electron chi connectivity index (χ2n) is 7.33. The molecule has 0 bridgehead atoms. The third-order valence-corrected chi connectivity index (χ3v) is 6.23. The zero-order chi connectivity index (χ0) is 18.7. The molecule has 27 heavy (non-hydrogen) atoms. The Morgan fingerprint density at radius 2 is 2.00 bits per heavy atom. The van der Waals surface area contributed by atoms with E-state index in [0.717, 1.165) is 37.1 Å². The van der Waals surface area contributed by atoms with Crippen LogP contribution in [-0.4, -0.2) is 48.6 Å². The van der Waals surface area contributed by atoms with Gasteiger partial charge in [0.05, 0.1) is 18.6 Å². The number of nitrogens with zero attached hydrogens (tertiary/aromatic N) is 2. The number of likely N-dealkylation sites (tertiary alicyclic amines) is 1. The molecule has 6 heteroatoms. The molecule has 2 fully saturated rings. The Morgan fingerprint density at radius 3 is 2.78 bits per heavy atom. The van der Waals surface area contributed by atoms with Gasteiger partial charge in [-0.25, -0.2) is 0 Å². The summed E-state index contributed by atoms with van der Waals surface area (Å²) in [4.78, 5) is 28.8. The SMILES string of the molecule is O=C(Cc1ccsc1)N1CCCC2(CC1)CN(c1ccccc1)C(=O)CO2. The molecule has 1 unspecified atom stereocenters. The molecule has 2 aliphatic heterocycles. The Labute approximate surface area is 163 Å². The van der Waals surface area contributed by atoms with E-state index in [2.05, 4.69) is 0 Å². The summed E-state index contributed by atoms with van der Waals surface area (Å²) in [6, 6.07) is 11.8. The van der Waals surface area contributed by atoms with E-state index in [0.29, 0.717) is 19.5 Å². The topological polar surface area (TPSA) is 49.9 Å². The first-order valence-electron chi connectivity index (χ1n) is 9.43. The van der Waals surface area contributed by atoms with E-state index in [1.54, 1.807) is 11.3 Å². The van der Waals surface area contributed by atoms with Crippen LogP contribution in [0.4, 0.5) is 5.69 Å². The van der Waals surface area contributed by atoms with Crippen molar-refractivity contribution in [3.63, 3.8) is 0 Å². The monoisotopic (exact) mass is 384 g/mol. The number of para-hydroxylation sites is 1. The van der Waals surface area contributed by atoms with Gasteiger partial charge >= 0.3 is 0 Å². The minimum atomic E-state index is -0.360. The van der Waals surface area contributed by atoms with Crippen molar-refractivity contribution in [2.45, 2.75) is 31.3 Å². The molecule has 2 amide bonds.